The molecule has 102 valence electrons. The van der Waals surface area contributed by atoms with E-state index in [4.69, 9.17) is 10.5 Å². The summed E-state index contributed by atoms with van der Waals surface area (Å²) in [7, 11) is 1.70. The number of aromatic nitrogens is 1. The van der Waals surface area contributed by atoms with Gasteiger partial charge in [-0.3, -0.25) is 0 Å². The van der Waals surface area contributed by atoms with E-state index >= 15 is 0 Å². The molecule has 1 heterocycles. The second kappa shape index (κ2) is 6.28. The second-order valence-electron chi connectivity index (χ2n) is 4.87. The summed E-state index contributed by atoms with van der Waals surface area (Å²) in [6.45, 7) is 4.86. The Balaban J connectivity index is 2.29. The van der Waals surface area contributed by atoms with Crippen LogP contribution in [-0.4, -0.2) is 12.1 Å². The summed E-state index contributed by atoms with van der Waals surface area (Å²) in [5.41, 5.74) is 9.68. The Kier molecular flexibility index (Phi) is 4.69. The predicted octanol–water partition coefficient (Wildman–Crippen LogP) is 3.46. The van der Waals surface area contributed by atoms with E-state index < -0.39 is 0 Å². The van der Waals surface area contributed by atoms with Crippen molar-refractivity contribution >= 4 is 11.3 Å². The number of hydrogen-bond donors (Lipinski definition) is 1. The average molecular weight is 276 g/mol. The number of ether oxygens (including phenoxy) is 1. The topological polar surface area (TPSA) is 48.1 Å². The lowest BCUT2D eigenvalue weighted by Crippen LogP contribution is -2.14. The van der Waals surface area contributed by atoms with Crippen LogP contribution >= 0.6 is 11.3 Å². The third-order valence-corrected chi connectivity index (χ3v) is 4.03. The van der Waals surface area contributed by atoms with Gasteiger partial charge in [-0.25, -0.2) is 4.98 Å². The number of thiazole rings is 1. The van der Waals surface area contributed by atoms with Crippen molar-refractivity contribution in [2.75, 3.05) is 7.11 Å². The van der Waals surface area contributed by atoms with Gasteiger partial charge in [-0.15, -0.1) is 11.3 Å². The molecule has 0 aliphatic rings. The molecule has 0 amide bonds. The van der Waals surface area contributed by atoms with Crippen LogP contribution in [0.25, 0.3) is 0 Å². The number of methoxy groups -OCH3 is 1. The summed E-state index contributed by atoms with van der Waals surface area (Å²) in [5.74, 6) is 0.436. The zero-order valence-corrected chi connectivity index (χ0v) is 12.4. The van der Waals surface area contributed by atoms with Crippen molar-refractivity contribution in [3.05, 3.63) is 51.5 Å². The molecule has 0 radical (unpaired) electrons. The van der Waals surface area contributed by atoms with Gasteiger partial charge in [0.2, 0.25) is 0 Å². The van der Waals surface area contributed by atoms with Crippen molar-refractivity contribution in [1.82, 2.24) is 4.98 Å². The van der Waals surface area contributed by atoms with Crippen molar-refractivity contribution < 1.29 is 4.74 Å². The van der Waals surface area contributed by atoms with Crippen molar-refractivity contribution in [3.63, 3.8) is 0 Å². The molecule has 19 heavy (non-hydrogen) atoms. The molecule has 2 rings (SSSR count). The van der Waals surface area contributed by atoms with E-state index in [1.807, 2.05) is 12.1 Å². The maximum atomic E-state index is 6.35. The van der Waals surface area contributed by atoms with E-state index in [0.29, 0.717) is 12.5 Å². The zero-order valence-electron chi connectivity index (χ0n) is 11.6. The van der Waals surface area contributed by atoms with E-state index in [2.05, 4.69) is 36.3 Å². The average Bonchev–Trinajstić information content (AvgIpc) is 2.89. The summed E-state index contributed by atoms with van der Waals surface area (Å²) in [6.07, 6.45) is 0. The van der Waals surface area contributed by atoms with Crippen LogP contribution in [0.2, 0.25) is 0 Å². The maximum Gasteiger partial charge on any atom is 0.114 e. The number of rotatable bonds is 5. The minimum absolute atomic E-state index is 0.177. The Morgan fingerprint density at radius 3 is 2.68 bits per heavy atom. The highest BCUT2D eigenvalue weighted by atomic mass is 32.1. The van der Waals surface area contributed by atoms with E-state index in [1.54, 1.807) is 18.4 Å². The van der Waals surface area contributed by atoms with Gasteiger partial charge in [0.1, 0.15) is 5.01 Å². The summed E-state index contributed by atoms with van der Waals surface area (Å²) >= 11 is 1.63. The molecule has 2 N–H and O–H groups in total. The standard InChI is InChI=1S/C15H20N2OS/c1-10(2)13-9-19-15(17-13)14(16)12-7-5-4-6-11(12)8-18-3/h4-7,9-10,14H,8,16H2,1-3H3. The molecule has 0 bridgehead atoms. The van der Waals surface area contributed by atoms with Gasteiger partial charge < -0.3 is 10.5 Å². The van der Waals surface area contributed by atoms with Gasteiger partial charge in [-0.2, -0.15) is 0 Å². The van der Waals surface area contributed by atoms with E-state index in [-0.39, 0.29) is 6.04 Å². The van der Waals surface area contributed by atoms with Crippen molar-refractivity contribution in [1.29, 1.82) is 0 Å². The van der Waals surface area contributed by atoms with Crippen LogP contribution in [0.4, 0.5) is 0 Å². The normalized spacial score (nSPS) is 12.9. The summed E-state index contributed by atoms with van der Waals surface area (Å²) in [5, 5.41) is 3.06. The quantitative estimate of drug-likeness (QED) is 0.909. The minimum Gasteiger partial charge on any atom is -0.380 e. The number of nitrogens with two attached hydrogens (primary N) is 1. The molecule has 3 nitrogen and oxygen atoms in total. The number of benzene rings is 1. The molecule has 0 spiro atoms. The molecule has 0 aliphatic heterocycles. The summed E-state index contributed by atoms with van der Waals surface area (Å²) in [6, 6.07) is 7.94. The molecular weight excluding hydrogens is 256 g/mol. The highest BCUT2D eigenvalue weighted by molar-refractivity contribution is 7.09. The van der Waals surface area contributed by atoms with Gasteiger partial charge in [-0.05, 0) is 17.0 Å². The minimum atomic E-state index is -0.177. The van der Waals surface area contributed by atoms with Crippen LogP contribution in [0.3, 0.4) is 0 Å². The molecule has 0 fully saturated rings. The first-order chi connectivity index (χ1) is 9.13. The SMILES string of the molecule is COCc1ccccc1C(N)c1nc(C(C)C)cs1. The number of hydrogen-bond acceptors (Lipinski definition) is 4. The van der Waals surface area contributed by atoms with Crippen LogP contribution in [0.5, 0.6) is 0 Å². The molecule has 0 saturated carbocycles. The lowest BCUT2D eigenvalue weighted by molar-refractivity contribution is 0.184. The van der Waals surface area contributed by atoms with Crippen LogP contribution in [0.15, 0.2) is 29.6 Å². The molecule has 0 saturated heterocycles. The Hall–Kier alpha value is -1.23. The first-order valence-electron chi connectivity index (χ1n) is 6.41. The Labute approximate surface area is 118 Å². The van der Waals surface area contributed by atoms with Gasteiger partial charge in [0.05, 0.1) is 18.3 Å². The predicted molar refractivity (Wildman–Crippen MR) is 79.4 cm³/mol. The van der Waals surface area contributed by atoms with E-state index in [0.717, 1.165) is 21.8 Å². The van der Waals surface area contributed by atoms with Gasteiger partial charge in [-0.1, -0.05) is 38.1 Å². The smallest absolute Gasteiger partial charge is 0.114 e. The largest absolute Gasteiger partial charge is 0.380 e. The number of nitrogens with zero attached hydrogens (tertiary/aromatic N) is 1. The fourth-order valence-corrected chi connectivity index (χ4v) is 2.96. The Morgan fingerprint density at radius 1 is 1.32 bits per heavy atom. The lowest BCUT2D eigenvalue weighted by Gasteiger charge is -2.14. The van der Waals surface area contributed by atoms with Gasteiger partial charge in [0, 0.05) is 12.5 Å². The lowest BCUT2D eigenvalue weighted by atomic mass is 10.0. The fraction of sp³-hybridized carbons (Fsp3) is 0.400. The maximum absolute atomic E-state index is 6.35. The molecule has 1 unspecified atom stereocenters. The van der Waals surface area contributed by atoms with E-state index in [9.17, 15) is 0 Å². The van der Waals surface area contributed by atoms with Crippen molar-refractivity contribution in [2.45, 2.75) is 32.4 Å². The Morgan fingerprint density at radius 2 is 2.05 bits per heavy atom. The third-order valence-electron chi connectivity index (χ3n) is 3.09. The summed E-state index contributed by atoms with van der Waals surface area (Å²) < 4.78 is 5.23. The monoisotopic (exact) mass is 276 g/mol. The molecule has 1 aromatic heterocycles. The second-order valence-corrected chi connectivity index (χ2v) is 5.76. The molecule has 2 aromatic rings. The first kappa shape index (κ1) is 14.2. The van der Waals surface area contributed by atoms with Crippen LogP contribution in [0.1, 0.15) is 47.6 Å². The van der Waals surface area contributed by atoms with Gasteiger partial charge >= 0.3 is 0 Å². The summed E-state index contributed by atoms with van der Waals surface area (Å²) in [4.78, 5) is 4.64. The molecule has 0 aliphatic carbocycles. The fourth-order valence-electron chi connectivity index (χ4n) is 1.97. The Bertz CT molecular complexity index is 536. The van der Waals surface area contributed by atoms with Gasteiger partial charge in [0.15, 0.2) is 0 Å². The third kappa shape index (κ3) is 3.21. The highest BCUT2D eigenvalue weighted by Gasteiger charge is 2.17. The molecule has 1 atom stereocenters. The first-order valence-corrected chi connectivity index (χ1v) is 7.29. The van der Waals surface area contributed by atoms with Crippen LogP contribution in [-0.2, 0) is 11.3 Å². The highest BCUT2D eigenvalue weighted by Crippen LogP contribution is 2.27. The molecule has 4 heteroatoms. The zero-order chi connectivity index (χ0) is 13.8. The van der Waals surface area contributed by atoms with Crippen LogP contribution < -0.4 is 5.73 Å². The van der Waals surface area contributed by atoms with E-state index in [1.165, 1.54) is 0 Å². The van der Waals surface area contributed by atoms with Crippen molar-refractivity contribution in [2.24, 2.45) is 5.73 Å². The molecule has 1 aromatic carbocycles. The van der Waals surface area contributed by atoms with Gasteiger partial charge in [0.25, 0.3) is 0 Å². The molecular formula is C15H20N2OS. The van der Waals surface area contributed by atoms with Crippen LogP contribution in [0, 0.1) is 0 Å². The van der Waals surface area contributed by atoms with Crippen molar-refractivity contribution in [3.8, 4) is 0 Å².